The molecule has 1 aromatic carbocycles. The maximum Gasteiger partial charge on any atom is -0.0260 e. The fraction of sp³-hybridized carbons (Fsp3) is 0.286. The molecule has 14 heavy (non-hydrogen) atoms. The van der Waals surface area contributed by atoms with E-state index in [4.69, 9.17) is 0 Å². The Hall–Kier alpha value is -1.30. The van der Waals surface area contributed by atoms with Crippen LogP contribution >= 0.6 is 0 Å². The summed E-state index contributed by atoms with van der Waals surface area (Å²) in [5, 5.41) is 0. The van der Waals surface area contributed by atoms with Crippen molar-refractivity contribution in [2.75, 3.05) is 0 Å². The lowest BCUT2D eigenvalue weighted by Gasteiger charge is -1.92. The average molecular weight is 190 g/mol. The van der Waals surface area contributed by atoms with Gasteiger partial charge in [0.1, 0.15) is 0 Å². The fourth-order valence-electron chi connectivity index (χ4n) is 0.797. The molecule has 1 rings (SSSR count). The molecule has 0 N–H and O–H groups in total. The van der Waals surface area contributed by atoms with Crippen molar-refractivity contribution in [1.82, 2.24) is 0 Å². The van der Waals surface area contributed by atoms with Crippen molar-refractivity contribution >= 4 is 6.08 Å². The number of benzene rings is 1. The molecule has 0 saturated carbocycles. The third-order valence-corrected chi connectivity index (χ3v) is 1.28. The van der Waals surface area contributed by atoms with Gasteiger partial charge in [-0.25, -0.2) is 0 Å². The minimum atomic E-state index is 1.19. The Morgan fingerprint density at radius 1 is 1.14 bits per heavy atom. The minimum Gasteiger partial charge on any atom is -0.103 e. The van der Waals surface area contributed by atoms with Crippen molar-refractivity contribution in [3.8, 4) is 0 Å². The molecule has 0 nitrogen and oxygen atoms in total. The summed E-state index contributed by atoms with van der Waals surface area (Å²) in [7, 11) is 0. The summed E-state index contributed by atoms with van der Waals surface area (Å²) in [4.78, 5) is 0. The van der Waals surface area contributed by atoms with Crippen LogP contribution in [0.5, 0.6) is 0 Å². The summed E-state index contributed by atoms with van der Waals surface area (Å²) < 4.78 is 0. The quantitative estimate of drug-likeness (QED) is 0.555. The highest BCUT2D eigenvalue weighted by Crippen LogP contribution is 2.03. The first kappa shape index (κ1) is 15.2. The second-order valence-corrected chi connectivity index (χ2v) is 2.53. The van der Waals surface area contributed by atoms with E-state index in [1.165, 1.54) is 11.1 Å². The predicted molar refractivity (Wildman–Crippen MR) is 68.5 cm³/mol. The van der Waals surface area contributed by atoms with Crippen molar-refractivity contribution < 1.29 is 0 Å². The van der Waals surface area contributed by atoms with Gasteiger partial charge in [-0.2, -0.15) is 0 Å². The van der Waals surface area contributed by atoms with Gasteiger partial charge in [-0.05, 0) is 19.4 Å². The lowest BCUT2D eigenvalue weighted by molar-refractivity contribution is 1.46. The van der Waals surface area contributed by atoms with Crippen molar-refractivity contribution in [2.45, 2.75) is 27.7 Å². The maximum absolute atomic E-state index is 3.67. The third-order valence-electron chi connectivity index (χ3n) is 1.28. The lowest BCUT2D eigenvalue weighted by atomic mass is 10.1. The van der Waals surface area contributed by atoms with E-state index in [0.717, 1.165) is 0 Å². The topological polar surface area (TPSA) is 0 Å². The maximum atomic E-state index is 3.67. The van der Waals surface area contributed by atoms with Crippen LogP contribution < -0.4 is 0 Å². The van der Waals surface area contributed by atoms with Gasteiger partial charge in [0.05, 0.1) is 0 Å². The Kier molecular flexibility index (Phi) is 12.7. The van der Waals surface area contributed by atoms with E-state index in [0.29, 0.717) is 0 Å². The summed E-state index contributed by atoms with van der Waals surface area (Å²) in [5.41, 5.74) is 2.47. The molecule has 1 aromatic rings. The number of hydrogen-bond acceptors (Lipinski definition) is 0. The predicted octanol–water partition coefficient (Wildman–Crippen LogP) is 4.86. The molecule has 0 radical (unpaired) electrons. The van der Waals surface area contributed by atoms with Crippen LogP contribution in [0.25, 0.3) is 6.08 Å². The largest absolute Gasteiger partial charge is 0.103 e. The van der Waals surface area contributed by atoms with Crippen LogP contribution in [0, 0.1) is 6.92 Å². The van der Waals surface area contributed by atoms with Crippen LogP contribution in [0.1, 0.15) is 31.9 Å². The third kappa shape index (κ3) is 8.79. The zero-order valence-electron chi connectivity index (χ0n) is 9.88. The summed E-state index contributed by atoms with van der Waals surface area (Å²) in [6.07, 6.45) is 3.60. The first-order chi connectivity index (χ1) is 6.74. The molecule has 0 atom stereocenters. The highest BCUT2D eigenvalue weighted by Gasteiger charge is 1.83. The van der Waals surface area contributed by atoms with Gasteiger partial charge in [-0.3, -0.25) is 0 Å². The number of aryl methyl sites for hydroxylation is 1. The van der Waals surface area contributed by atoms with Crippen LogP contribution in [0.4, 0.5) is 0 Å². The van der Waals surface area contributed by atoms with Crippen LogP contribution in [0.15, 0.2) is 43.5 Å². The molecule has 0 aromatic heterocycles. The van der Waals surface area contributed by atoms with E-state index >= 15 is 0 Å². The molecule has 0 heteroatoms. The molecule has 0 saturated heterocycles. The van der Waals surface area contributed by atoms with Crippen molar-refractivity contribution in [3.63, 3.8) is 0 Å². The van der Waals surface area contributed by atoms with Crippen LogP contribution in [-0.4, -0.2) is 0 Å². The zero-order valence-corrected chi connectivity index (χ0v) is 9.88. The van der Waals surface area contributed by atoms with Gasteiger partial charge in [0.25, 0.3) is 0 Å². The minimum absolute atomic E-state index is 1.19. The second-order valence-electron chi connectivity index (χ2n) is 2.53. The van der Waals surface area contributed by atoms with E-state index in [1.807, 2.05) is 39.0 Å². The molecular formula is C14H22. The van der Waals surface area contributed by atoms with Gasteiger partial charge in [0, 0.05) is 0 Å². The van der Waals surface area contributed by atoms with Crippen LogP contribution in [0.2, 0.25) is 0 Å². The smallest absolute Gasteiger partial charge is 0.0260 e. The van der Waals surface area contributed by atoms with Crippen molar-refractivity contribution in [2.24, 2.45) is 0 Å². The molecular weight excluding hydrogens is 168 g/mol. The van der Waals surface area contributed by atoms with E-state index < -0.39 is 0 Å². The summed E-state index contributed by atoms with van der Waals surface area (Å²) in [5.74, 6) is 0. The van der Waals surface area contributed by atoms with Gasteiger partial charge in [0.2, 0.25) is 0 Å². The van der Waals surface area contributed by atoms with Crippen molar-refractivity contribution in [1.29, 1.82) is 0 Å². The molecule has 0 fully saturated rings. The van der Waals surface area contributed by atoms with Crippen LogP contribution in [0.3, 0.4) is 0 Å². The van der Waals surface area contributed by atoms with Gasteiger partial charge in [-0.1, -0.05) is 62.4 Å². The molecule has 0 bridgehead atoms. The highest BCUT2D eigenvalue weighted by atomic mass is 13.9. The molecule has 0 heterocycles. The average Bonchev–Trinajstić information content (AvgIpc) is 2.22. The monoisotopic (exact) mass is 190 g/mol. The molecule has 0 aliphatic carbocycles. The fourth-order valence-corrected chi connectivity index (χ4v) is 0.797. The standard InChI is InChI=1S/C9H10.C3H6.C2H6/c1-3-9-6-4-5-8(2)7-9;1-3-2;1-2/h3-7H,1H2,2H3;3H,1H2,2H3;1-2H3. The molecule has 0 spiro atoms. The summed E-state index contributed by atoms with van der Waals surface area (Å²) in [6.45, 7) is 15.0. The van der Waals surface area contributed by atoms with E-state index in [-0.39, 0.29) is 0 Å². The molecule has 0 unspecified atom stereocenters. The molecule has 0 amide bonds. The van der Waals surface area contributed by atoms with Gasteiger partial charge >= 0.3 is 0 Å². The van der Waals surface area contributed by atoms with Gasteiger partial charge in [-0.15, -0.1) is 6.58 Å². The highest BCUT2D eigenvalue weighted by molar-refractivity contribution is 5.47. The van der Waals surface area contributed by atoms with E-state index in [2.05, 4.69) is 32.2 Å². The molecule has 78 valence electrons. The first-order valence-corrected chi connectivity index (χ1v) is 5.00. The number of allylic oxidation sites excluding steroid dienone is 1. The van der Waals surface area contributed by atoms with E-state index in [1.54, 1.807) is 6.08 Å². The first-order valence-electron chi connectivity index (χ1n) is 5.00. The Balaban J connectivity index is 0. The Labute approximate surface area is 89.0 Å². The zero-order chi connectivity index (χ0) is 11.4. The number of rotatable bonds is 1. The second kappa shape index (κ2) is 11.7. The normalized spacial score (nSPS) is 7.14. The summed E-state index contributed by atoms with van der Waals surface area (Å²) >= 11 is 0. The SMILES string of the molecule is C=CC.C=Cc1cccc(C)c1.CC. The van der Waals surface area contributed by atoms with Gasteiger partial charge in [0.15, 0.2) is 0 Å². The lowest BCUT2D eigenvalue weighted by Crippen LogP contribution is -1.72. The Morgan fingerprint density at radius 3 is 1.93 bits per heavy atom. The molecule has 0 aliphatic rings. The van der Waals surface area contributed by atoms with E-state index in [9.17, 15) is 0 Å². The van der Waals surface area contributed by atoms with Crippen molar-refractivity contribution in [3.05, 3.63) is 54.6 Å². The molecule has 0 aliphatic heterocycles. The van der Waals surface area contributed by atoms with Crippen LogP contribution in [-0.2, 0) is 0 Å². The number of hydrogen-bond donors (Lipinski definition) is 0. The Bertz CT molecular complexity index is 246. The summed E-state index contributed by atoms with van der Waals surface area (Å²) in [6, 6.07) is 8.26. The Morgan fingerprint density at radius 2 is 1.64 bits per heavy atom. The van der Waals surface area contributed by atoms with Gasteiger partial charge < -0.3 is 0 Å².